The van der Waals surface area contributed by atoms with Crippen molar-refractivity contribution in [3.8, 4) is 11.1 Å². The Bertz CT molecular complexity index is 483. The van der Waals surface area contributed by atoms with Gasteiger partial charge in [-0.15, -0.1) is 0 Å². The summed E-state index contributed by atoms with van der Waals surface area (Å²) in [6, 6.07) is 5.53. The molecule has 1 nitrogen and oxygen atoms in total. The van der Waals surface area contributed by atoms with Crippen LogP contribution in [0.1, 0.15) is 11.1 Å². The summed E-state index contributed by atoms with van der Waals surface area (Å²) < 4.78 is 37.6. The molecular formula is C12H10F3N. The van der Waals surface area contributed by atoms with E-state index in [0.717, 1.165) is 17.2 Å². The molecule has 0 aliphatic rings. The summed E-state index contributed by atoms with van der Waals surface area (Å²) in [4.78, 5) is 2.83. The molecule has 0 bridgehead atoms. The third-order valence-corrected chi connectivity index (χ3v) is 2.47. The van der Waals surface area contributed by atoms with E-state index in [1.807, 2.05) is 0 Å². The predicted octanol–water partition coefficient (Wildman–Crippen LogP) is 4.01. The highest BCUT2D eigenvalue weighted by molar-refractivity contribution is 5.67. The summed E-state index contributed by atoms with van der Waals surface area (Å²) in [7, 11) is 0. The van der Waals surface area contributed by atoms with E-state index in [0.29, 0.717) is 5.56 Å². The van der Waals surface area contributed by atoms with Gasteiger partial charge in [0.1, 0.15) is 0 Å². The van der Waals surface area contributed by atoms with Crippen LogP contribution in [0, 0.1) is 6.92 Å². The van der Waals surface area contributed by atoms with Gasteiger partial charge in [0.25, 0.3) is 0 Å². The van der Waals surface area contributed by atoms with Crippen molar-refractivity contribution in [1.82, 2.24) is 4.98 Å². The van der Waals surface area contributed by atoms with Gasteiger partial charge < -0.3 is 4.98 Å². The van der Waals surface area contributed by atoms with Crippen molar-refractivity contribution in [3.05, 3.63) is 47.8 Å². The number of hydrogen-bond donors (Lipinski definition) is 1. The van der Waals surface area contributed by atoms with E-state index < -0.39 is 11.7 Å². The molecule has 84 valence electrons. The van der Waals surface area contributed by atoms with Crippen molar-refractivity contribution >= 4 is 0 Å². The Kier molecular flexibility index (Phi) is 2.50. The number of rotatable bonds is 1. The number of aromatic nitrogens is 1. The van der Waals surface area contributed by atoms with Gasteiger partial charge in [-0.05, 0) is 41.8 Å². The molecule has 0 atom stereocenters. The lowest BCUT2D eigenvalue weighted by Gasteiger charge is -2.10. The maximum atomic E-state index is 12.5. The van der Waals surface area contributed by atoms with Gasteiger partial charge in [0, 0.05) is 12.4 Å². The van der Waals surface area contributed by atoms with Crippen LogP contribution in [0.4, 0.5) is 13.2 Å². The van der Waals surface area contributed by atoms with Crippen molar-refractivity contribution in [2.24, 2.45) is 0 Å². The smallest absolute Gasteiger partial charge is 0.367 e. The van der Waals surface area contributed by atoms with Crippen molar-refractivity contribution in [3.63, 3.8) is 0 Å². The van der Waals surface area contributed by atoms with E-state index in [-0.39, 0.29) is 0 Å². The standard InChI is InChI=1S/C12H10F3N/c1-8-2-3-10(12(13,14)15)6-11(8)9-4-5-16-7-9/h2-7,16H,1H3. The van der Waals surface area contributed by atoms with Crippen molar-refractivity contribution < 1.29 is 13.2 Å². The first kappa shape index (κ1) is 10.8. The number of alkyl halides is 3. The Labute approximate surface area is 90.9 Å². The summed E-state index contributed by atoms with van der Waals surface area (Å²) in [6.45, 7) is 1.79. The fourth-order valence-electron chi connectivity index (χ4n) is 1.60. The molecule has 1 N–H and O–H groups in total. The van der Waals surface area contributed by atoms with Crippen molar-refractivity contribution in [2.45, 2.75) is 13.1 Å². The third kappa shape index (κ3) is 1.96. The number of nitrogens with one attached hydrogen (secondary N) is 1. The van der Waals surface area contributed by atoms with Crippen LogP contribution in [0.15, 0.2) is 36.7 Å². The minimum Gasteiger partial charge on any atom is -0.367 e. The first-order chi connectivity index (χ1) is 7.48. The van der Waals surface area contributed by atoms with Gasteiger partial charge in [-0.3, -0.25) is 0 Å². The normalized spacial score (nSPS) is 11.8. The number of aryl methyl sites for hydroxylation is 1. The summed E-state index contributed by atoms with van der Waals surface area (Å²) in [5, 5.41) is 0. The van der Waals surface area contributed by atoms with E-state index in [2.05, 4.69) is 4.98 Å². The topological polar surface area (TPSA) is 15.8 Å². The van der Waals surface area contributed by atoms with Crippen LogP contribution in [-0.2, 0) is 6.18 Å². The molecule has 16 heavy (non-hydrogen) atoms. The molecule has 1 aromatic carbocycles. The summed E-state index contributed by atoms with van der Waals surface area (Å²) in [6.07, 6.45) is -0.920. The average molecular weight is 225 g/mol. The molecule has 0 unspecified atom stereocenters. The van der Waals surface area contributed by atoms with Crippen LogP contribution >= 0.6 is 0 Å². The van der Waals surface area contributed by atoms with Crippen LogP contribution in [0.25, 0.3) is 11.1 Å². The second kappa shape index (κ2) is 3.70. The summed E-state index contributed by atoms with van der Waals surface area (Å²) in [5.41, 5.74) is 1.58. The lowest BCUT2D eigenvalue weighted by atomic mass is 10.00. The van der Waals surface area contributed by atoms with E-state index in [1.165, 1.54) is 12.1 Å². The zero-order valence-corrected chi connectivity index (χ0v) is 8.60. The lowest BCUT2D eigenvalue weighted by Crippen LogP contribution is -2.05. The molecule has 2 aromatic rings. The SMILES string of the molecule is Cc1ccc(C(F)(F)F)cc1-c1cc[nH]c1. The molecule has 4 heteroatoms. The number of benzene rings is 1. The second-order valence-electron chi connectivity index (χ2n) is 3.63. The van der Waals surface area contributed by atoms with Crippen LogP contribution in [0.5, 0.6) is 0 Å². The van der Waals surface area contributed by atoms with Gasteiger partial charge in [0.2, 0.25) is 0 Å². The van der Waals surface area contributed by atoms with Crippen LogP contribution < -0.4 is 0 Å². The molecule has 0 amide bonds. The Hall–Kier alpha value is -1.71. The van der Waals surface area contributed by atoms with E-state index >= 15 is 0 Å². The van der Waals surface area contributed by atoms with Gasteiger partial charge in [0.15, 0.2) is 0 Å². The minimum absolute atomic E-state index is 0.607. The van der Waals surface area contributed by atoms with Crippen LogP contribution in [-0.4, -0.2) is 4.98 Å². The fourth-order valence-corrected chi connectivity index (χ4v) is 1.60. The van der Waals surface area contributed by atoms with E-state index in [1.54, 1.807) is 25.4 Å². The zero-order chi connectivity index (χ0) is 11.8. The van der Waals surface area contributed by atoms with Crippen molar-refractivity contribution in [2.75, 3.05) is 0 Å². The first-order valence-electron chi connectivity index (χ1n) is 4.79. The number of halogens is 3. The second-order valence-corrected chi connectivity index (χ2v) is 3.63. The van der Waals surface area contributed by atoms with E-state index in [9.17, 15) is 13.2 Å². The lowest BCUT2D eigenvalue weighted by molar-refractivity contribution is -0.137. The number of hydrogen-bond acceptors (Lipinski definition) is 0. The van der Waals surface area contributed by atoms with Crippen molar-refractivity contribution in [1.29, 1.82) is 0 Å². The molecule has 1 heterocycles. The van der Waals surface area contributed by atoms with E-state index in [4.69, 9.17) is 0 Å². The number of H-pyrrole nitrogens is 1. The summed E-state index contributed by atoms with van der Waals surface area (Å²) in [5.74, 6) is 0. The average Bonchev–Trinajstić information content (AvgIpc) is 2.69. The molecule has 0 radical (unpaired) electrons. The highest BCUT2D eigenvalue weighted by Crippen LogP contribution is 2.33. The zero-order valence-electron chi connectivity index (χ0n) is 8.60. The Morgan fingerprint density at radius 3 is 2.44 bits per heavy atom. The molecule has 1 aromatic heterocycles. The highest BCUT2D eigenvalue weighted by atomic mass is 19.4. The number of aromatic amines is 1. The minimum atomic E-state index is -4.29. The Morgan fingerprint density at radius 1 is 1.12 bits per heavy atom. The molecule has 0 spiro atoms. The Morgan fingerprint density at radius 2 is 1.88 bits per heavy atom. The largest absolute Gasteiger partial charge is 0.416 e. The molecule has 0 saturated heterocycles. The monoisotopic (exact) mass is 225 g/mol. The van der Waals surface area contributed by atoms with Gasteiger partial charge in [-0.1, -0.05) is 6.07 Å². The predicted molar refractivity (Wildman–Crippen MR) is 56.0 cm³/mol. The van der Waals surface area contributed by atoms with Gasteiger partial charge >= 0.3 is 6.18 Å². The molecule has 0 saturated carbocycles. The molecule has 2 rings (SSSR count). The van der Waals surface area contributed by atoms with Crippen LogP contribution in [0.2, 0.25) is 0 Å². The maximum Gasteiger partial charge on any atom is 0.416 e. The molecular weight excluding hydrogens is 215 g/mol. The van der Waals surface area contributed by atoms with Gasteiger partial charge in [-0.2, -0.15) is 13.2 Å². The highest BCUT2D eigenvalue weighted by Gasteiger charge is 2.30. The van der Waals surface area contributed by atoms with Gasteiger partial charge in [0.05, 0.1) is 5.56 Å². The Balaban J connectivity index is 2.54. The molecule has 0 fully saturated rings. The first-order valence-corrected chi connectivity index (χ1v) is 4.79. The quantitative estimate of drug-likeness (QED) is 0.754. The summed E-state index contributed by atoms with van der Waals surface area (Å²) >= 11 is 0. The van der Waals surface area contributed by atoms with Crippen LogP contribution in [0.3, 0.4) is 0 Å². The third-order valence-electron chi connectivity index (χ3n) is 2.47. The maximum absolute atomic E-state index is 12.5. The van der Waals surface area contributed by atoms with Gasteiger partial charge in [-0.25, -0.2) is 0 Å². The molecule has 0 aliphatic carbocycles. The fraction of sp³-hybridized carbons (Fsp3) is 0.167. The molecule has 0 aliphatic heterocycles.